The molecule has 1 rings (SSSR count). The minimum Gasteiger partial charge on any atom is -0.465 e. The summed E-state index contributed by atoms with van der Waals surface area (Å²) in [5.41, 5.74) is -2.89. The number of amides is 1. The van der Waals surface area contributed by atoms with Gasteiger partial charge in [0, 0.05) is 0 Å². The van der Waals surface area contributed by atoms with Crippen LogP contribution in [-0.2, 0) is 20.4 Å². The van der Waals surface area contributed by atoms with Crippen LogP contribution in [0.4, 0.5) is 23.7 Å². The van der Waals surface area contributed by atoms with E-state index >= 15 is 0 Å². The number of ether oxygens (including phenoxy) is 2. The number of hydrogen-bond donors (Lipinski definition) is 0. The number of halogens is 5. The first-order valence-electron chi connectivity index (χ1n) is 7.48. The Labute approximate surface area is 158 Å². The SMILES string of the molecule is CCOC(=O)CN(C(=O)OC(C)(C)C)c1cc(Cl)c(Cl)cc1C(F)(F)F. The first kappa shape index (κ1) is 22.4. The highest BCUT2D eigenvalue weighted by atomic mass is 35.5. The molecule has 0 aliphatic heterocycles. The van der Waals surface area contributed by atoms with Crippen molar-refractivity contribution in [1.29, 1.82) is 0 Å². The monoisotopic (exact) mass is 415 g/mol. The molecule has 0 spiro atoms. The van der Waals surface area contributed by atoms with Crippen molar-refractivity contribution in [1.82, 2.24) is 0 Å². The quantitative estimate of drug-likeness (QED) is 0.624. The predicted molar refractivity (Wildman–Crippen MR) is 91.7 cm³/mol. The third kappa shape index (κ3) is 6.25. The zero-order valence-electron chi connectivity index (χ0n) is 14.5. The lowest BCUT2D eigenvalue weighted by atomic mass is 10.1. The zero-order chi connectivity index (χ0) is 20.3. The fourth-order valence-corrected chi connectivity index (χ4v) is 2.21. The van der Waals surface area contributed by atoms with Crippen LogP contribution < -0.4 is 4.90 Å². The minimum atomic E-state index is -4.85. The molecule has 0 radical (unpaired) electrons. The molecule has 146 valence electrons. The summed E-state index contributed by atoms with van der Waals surface area (Å²) in [5, 5.41) is -0.560. The summed E-state index contributed by atoms with van der Waals surface area (Å²) in [6.07, 6.45) is -6.01. The van der Waals surface area contributed by atoms with Crippen molar-refractivity contribution in [3.8, 4) is 0 Å². The van der Waals surface area contributed by atoms with Gasteiger partial charge in [0.2, 0.25) is 0 Å². The van der Waals surface area contributed by atoms with Crippen LogP contribution in [0.15, 0.2) is 12.1 Å². The van der Waals surface area contributed by atoms with Gasteiger partial charge >= 0.3 is 18.2 Å². The van der Waals surface area contributed by atoms with Gasteiger partial charge in [0.15, 0.2) is 0 Å². The van der Waals surface area contributed by atoms with Gasteiger partial charge in [-0.3, -0.25) is 9.69 Å². The largest absolute Gasteiger partial charge is 0.465 e. The molecule has 0 fully saturated rings. The maximum Gasteiger partial charge on any atom is 0.418 e. The van der Waals surface area contributed by atoms with Crippen molar-refractivity contribution in [2.24, 2.45) is 0 Å². The van der Waals surface area contributed by atoms with Gasteiger partial charge in [0.05, 0.1) is 27.9 Å². The van der Waals surface area contributed by atoms with E-state index in [0.717, 1.165) is 6.07 Å². The Bertz CT molecular complexity index is 687. The van der Waals surface area contributed by atoms with E-state index in [9.17, 15) is 22.8 Å². The molecule has 0 heterocycles. The van der Waals surface area contributed by atoms with Crippen molar-refractivity contribution < 1.29 is 32.2 Å². The number of esters is 1. The van der Waals surface area contributed by atoms with Gasteiger partial charge in [-0.05, 0) is 39.8 Å². The average molecular weight is 416 g/mol. The molecular formula is C16H18Cl2F3NO4. The third-order valence-electron chi connectivity index (χ3n) is 2.84. The normalized spacial score (nSPS) is 11.9. The smallest absolute Gasteiger partial charge is 0.418 e. The van der Waals surface area contributed by atoms with Crippen molar-refractivity contribution in [2.45, 2.75) is 39.5 Å². The molecule has 1 amide bonds. The van der Waals surface area contributed by atoms with Crippen molar-refractivity contribution in [3.63, 3.8) is 0 Å². The maximum atomic E-state index is 13.4. The predicted octanol–water partition coefficient (Wildman–Crippen LogP) is 5.32. The second-order valence-corrected chi connectivity index (χ2v) is 6.97. The Kier molecular flexibility index (Phi) is 7.18. The lowest BCUT2D eigenvalue weighted by Crippen LogP contribution is -2.41. The fraction of sp³-hybridized carbons (Fsp3) is 0.500. The highest BCUT2D eigenvalue weighted by Gasteiger charge is 2.38. The second-order valence-electron chi connectivity index (χ2n) is 6.15. The fourth-order valence-electron chi connectivity index (χ4n) is 1.89. The van der Waals surface area contributed by atoms with Crippen LogP contribution in [0.25, 0.3) is 0 Å². The van der Waals surface area contributed by atoms with E-state index in [2.05, 4.69) is 0 Å². The molecule has 10 heteroatoms. The Balaban J connectivity index is 3.48. The van der Waals surface area contributed by atoms with Crippen LogP contribution in [0.2, 0.25) is 10.0 Å². The van der Waals surface area contributed by atoms with Gasteiger partial charge < -0.3 is 9.47 Å². The van der Waals surface area contributed by atoms with Gasteiger partial charge in [-0.1, -0.05) is 23.2 Å². The maximum absolute atomic E-state index is 13.4. The van der Waals surface area contributed by atoms with Crippen LogP contribution in [0.1, 0.15) is 33.3 Å². The molecule has 0 N–H and O–H groups in total. The number of nitrogens with zero attached hydrogens (tertiary/aromatic N) is 1. The summed E-state index contributed by atoms with van der Waals surface area (Å²) in [4.78, 5) is 24.7. The van der Waals surface area contributed by atoms with E-state index in [4.69, 9.17) is 32.7 Å². The van der Waals surface area contributed by atoms with Gasteiger partial charge in [-0.2, -0.15) is 13.2 Å². The molecule has 0 atom stereocenters. The lowest BCUT2D eigenvalue weighted by Gasteiger charge is -2.28. The minimum absolute atomic E-state index is 0.00546. The van der Waals surface area contributed by atoms with Gasteiger partial charge in [-0.25, -0.2) is 4.79 Å². The highest BCUT2D eigenvalue weighted by Crippen LogP contribution is 2.41. The Morgan fingerprint density at radius 2 is 1.65 bits per heavy atom. The molecule has 0 aromatic heterocycles. The summed E-state index contributed by atoms with van der Waals surface area (Å²) < 4.78 is 50.1. The van der Waals surface area contributed by atoms with E-state index in [1.165, 1.54) is 27.7 Å². The molecule has 1 aromatic rings. The summed E-state index contributed by atoms with van der Waals surface area (Å²) in [6, 6.07) is 1.44. The van der Waals surface area contributed by atoms with Gasteiger partial charge in [0.1, 0.15) is 12.1 Å². The number of carbonyl (C=O) groups is 2. The number of anilines is 1. The standard InChI is InChI=1S/C16H18Cl2F3NO4/c1-5-25-13(23)8-22(14(24)26-15(2,3)4)12-7-11(18)10(17)6-9(12)16(19,20)21/h6-7H,5,8H2,1-4H3. The van der Waals surface area contributed by atoms with Crippen LogP contribution >= 0.6 is 23.2 Å². The average Bonchev–Trinajstić information content (AvgIpc) is 2.44. The van der Waals surface area contributed by atoms with Gasteiger partial charge in [-0.15, -0.1) is 0 Å². The lowest BCUT2D eigenvalue weighted by molar-refractivity contribution is -0.142. The van der Waals surface area contributed by atoms with E-state index in [0.29, 0.717) is 11.0 Å². The van der Waals surface area contributed by atoms with Crippen molar-refractivity contribution in [3.05, 3.63) is 27.7 Å². The molecule has 0 saturated carbocycles. The number of benzene rings is 1. The first-order chi connectivity index (χ1) is 11.8. The Hall–Kier alpha value is -1.67. The summed E-state index contributed by atoms with van der Waals surface area (Å²) >= 11 is 11.5. The molecule has 0 bridgehead atoms. The van der Waals surface area contributed by atoms with Crippen LogP contribution in [0, 0.1) is 0 Å². The summed E-state index contributed by atoms with van der Waals surface area (Å²) in [6.45, 7) is 5.33. The Morgan fingerprint density at radius 1 is 1.12 bits per heavy atom. The van der Waals surface area contributed by atoms with Crippen LogP contribution in [0.5, 0.6) is 0 Å². The zero-order valence-corrected chi connectivity index (χ0v) is 16.1. The molecule has 0 aliphatic rings. The number of carbonyl (C=O) groups excluding carboxylic acids is 2. The summed E-state index contributed by atoms with van der Waals surface area (Å²) in [7, 11) is 0. The van der Waals surface area contributed by atoms with Crippen molar-refractivity contribution >= 4 is 41.0 Å². The molecule has 1 aromatic carbocycles. The Morgan fingerprint density at radius 3 is 2.12 bits per heavy atom. The molecule has 0 aliphatic carbocycles. The first-order valence-corrected chi connectivity index (χ1v) is 8.24. The number of alkyl halides is 3. The molecular weight excluding hydrogens is 398 g/mol. The topological polar surface area (TPSA) is 55.8 Å². The number of hydrogen-bond acceptors (Lipinski definition) is 4. The summed E-state index contributed by atoms with van der Waals surface area (Å²) in [5.74, 6) is -0.905. The highest BCUT2D eigenvalue weighted by molar-refractivity contribution is 6.42. The van der Waals surface area contributed by atoms with Crippen LogP contribution in [0.3, 0.4) is 0 Å². The van der Waals surface area contributed by atoms with E-state index in [1.54, 1.807) is 0 Å². The van der Waals surface area contributed by atoms with E-state index in [-0.39, 0.29) is 16.7 Å². The molecule has 0 unspecified atom stereocenters. The molecule has 5 nitrogen and oxygen atoms in total. The third-order valence-corrected chi connectivity index (χ3v) is 3.56. The molecule has 26 heavy (non-hydrogen) atoms. The van der Waals surface area contributed by atoms with E-state index < -0.39 is 41.6 Å². The van der Waals surface area contributed by atoms with Crippen molar-refractivity contribution in [2.75, 3.05) is 18.1 Å². The molecule has 0 saturated heterocycles. The second kappa shape index (κ2) is 8.35. The number of rotatable bonds is 4. The van der Waals surface area contributed by atoms with Gasteiger partial charge in [0.25, 0.3) is 0 Å². The van der Waals surface area contributed by atoms with Crippen LogP contribution in [-0.4, -0.2) is 30.8 Å². The van der Waals surface area contributed by atoms with E-state index in [1.807, 2.05) is 0 Å².